The van der Waals surface area contributed by atoms with Crippen molar-refractivity contribution in [2.24, 2.45) is 0 Å². The molecule has 0 saturated heterocycles. The summed E-state index contributed by atoms with van der Waals surface area (Å²) in [6, 6.07) is 15.5. The van der Waals surface area contributed by atoms with Gasteiger partial charge in [-0.25, -0.2) is 13.9 Å². The van der Waals surface area contributed by atoms with Crippen molar-refractivity contribution < 1.29 is 32.2 Å². The molecular weight excluding hydrogens is 478 g/mol. The van der Waals surface area contributed by atoms with Gasteiger partial charge in [0.2, 0.25) is 5.60 Å². The second-order valence-electron chi connectivity index (χ2n) is 8.34. The predicted molar refractivity (Wildman–Crippen MR) is 124 cm³/mol. The van der Waals surface area contributed by atoms with Crippen LogP contribution in [0.2, 0.25) is 0 Å². The van der Waals surface area contributed by atoms with Gasteiger partial charge in [0.25, 0.3) is 0 Å². The zero-order chi connectivity index (χ0) is 25.7. The first kappa shape index (κ1) is 23.6. The zero-order valence-electron chi connectivity index (χ0n) is 18.8. The van der Waals surface area contributed by atoms with Crippen LogP contribution in [-0.4, -0.2) is 38.7 Å². The van der Waals surface area contributed by atoms with Crippen LogP contribution >= 0.6 is 0 Å². The number of halogens is 4. The number of carbonyl (C=O) groups is 1. The minimum Gasteiger partial charge on any atom is -0.465 e. The van der Waals surface area contributed by atoms with Gasteiger partial charge in [-0.3, -0.25) is 0 Å². The van der Waals surface area contributed by atoms with Gasteiger partial charge in [-0.05, 0) is 60.2 Å². The van der Waals surface area contributed by atoms with Crippen LogP contribution in [0.5, 0.6) is 0 Å². The van der Waals surface area contributed by atoms with Crippen molar-refractivity contribution in [2.45, 2.75) is 18.3 Å². The molecule has 6 nitrogen and oxygen atoms in total. The average Bonchev–Trinajstić information content (AvgIpc) is 3.47. The molecule has 1 N–H and O–H groups in total. The van der Waals surface area contributed by atoms with Crippen molar-refractivity contribution >= 4 is 27.8 Å². The summed E-state index contributed by atoms with van der Waals surface area (Å²) in [4.78, 5) is 12.1. The smallest absolute Gasteiger partial charge is 0.423 e. The number of hydrogen-bond acceptors (Lipinski definition) is 4. The first-order valence-electron chi connectivity index (χ1n) is 10.8. The van der Waals surface area contributed by atoms with E-state index in [4.69, 9.17) is 4.74 Å². The van der Waals surface area contributed by atoms with Gasteiger partial charge in [-0.1, -0.05) is 12.1 Å². The van der Waals surface area contributed by atoms with Gasteiger partial charge in [-0.2, -0.15) is 18.3 Å². The molecule has 0 aliphatic rings. The van der Waals surface area contributed by atoms with Gasteiger partial charge in [0.15, 0.2) is 0 Å². The second kappa shape index (κ2) is 8.49. The van der Waals surface area contributed by atoms with Gasteiger partial charge < -0.3 is 14.4 Å². The molecule has 184 valence electrons. The summed E-state index contributed by atoms with van der Waals surface area (Å²) in [5, 5.41) is 16.1. The van der Waals surface area contributed by atoms with E-state index in [9.17, 15) is 27.5 Å². The van der Waals surface area contributed by atoms with Gasteiger partial charge in [0, 0.05) is 22.5 Å². The summed E-state index contributed by atoms with van der Waals surface area (Å²) >= 11 is 0. The first-order valence-corrected chi connectivity index (χ1v) is 10.8. The van der Waals surface area contributed by atoms with E-state index in [1.165, 1.54) is 89.4 Å². The van der Waals surface area contributed by atoms with Crippen LogP contribution in [0.15, 0.2) is 79.1 Å². The van der Waals surface area contributed by atoms with E-state index in [1.807, 2.05) is 0 Å². The lowest BCUT2D eigenvalue weighted by Gasteiger charge is -2.32. The highest BCUT2D eigenvalue weighted by atomic mass is 19.4. The van der Waals surface area contributed by atoms with E-state index in [0.29, 0.717) is 27.5 Å². The van der Waals surface area contributed by atoms with Gasteiger partial charge in [0.05, 0.1) is 36.6 Å². The molecule has 0 bridgehead atoms. The van der Waals surface area contributed by atoms with Crippen LogP contribution in [0.3, 0.4) is 0 Å². The topological polar surface area (TPSA) is 69.3 Å². The lowest BCUT2D eigenvalue weighted by atomic mass is 9.91. The molecule has 5 aromatic rings. The third-order valence-corrected chi connectivity index (χ3v) is 6.20. The first-order chi connectivity index (χ1) is 17.1. The Labute approximate surface area is 201 Å². The van der Waals surface area contributed by atoms with E-state index in [2.05, 4.69) is 5.10 Å². The molecule has 0 aliphatic carbocycles. The van der Waals surface area contributed by atoms with Crippen molar-refractivity contribution in [1.82, 2.24) is 14.3 Å². The molecule has 36 heavy (non-hydrogen) atoms. The van der Waals surface area contributed by atoms with E-state index in [-0.39, 0.29) is 11.1 Å². The van der Waals surface area contributed by atoms with E-state index in [1.54, 1.807) is 6.07 Å². The highest BCUT2D eigenvalue weighted by Gasteiger charge is 2.55. The van der Waals surface area contributed by atoms with Gasteiger partial charge in [0.1, 0.15) is 5.82 Å². The monoisotopic (exact) mass is 497 g/mol. The summed E-state index contributed by atoms with van der Waals surface area (Å²) in [5.74, 6) is -1.04. The second-order valence-corrected chi connectivity index (χ2v) is 8.34. The Morgan fingerprint density at radius 1 is 1.03 bits per heavy atom. The summed E-state index contributed by atoms with van der Waals surface area (Å²) in [7, 11) is 1.22. The van der Waals surface area contributed by atoms with E-state index < -0.39 is 30.1 Å². The number of ether oxygens (including phenoxy) is 1. The van der Waals surface area contributed by atoms with Crippen molar-refractivity contribution in [3.05, 3.63) is 96.1 Å². The number of nitrogens with zero attached hydrogens (tertiary/aromatic N) is 3. The van der Waals surface area contributed by atoms with Crippen molar-refractivity contribution in [3.8, 4) is 5.69 Å². The Bertz CT molecular complexity index is 1590. The molecule has 1 unspecified atom stereocenters. The molecule has 2 heterocycles. The molecule has 0 saturated carbocycles. The van der Waals surface area contributed by atoms with Crippen LogP contribution in [-0.2, 0) is 16.9 Å². The van der Waals surface area contributed by atoms with Crippen molar-refractivity contribution in [1.29, 1.82) is 0 Å². The lowest BCUT2D eigenvalue weighted by Crippen LogP contribution is -2.45. The Balaban J connectivity index is 1.58. The van der Waals surface area contributed by atoms with Crippen LogP contribution in [0.4, 0.5) is 17.6 Å². The third kappa shape index (κ3) is 3.79. The maximum atomic E-state index is 14.4. The number of aliphatic hydroxyl groups is 1. The molecule has 0 amide bonds. The predicted octanol–water partition coefficient (Wildman–Crippen LogP) is 5.36. The normalized spacial score (nSPS) is 13.7. The maximum absolute atomic E-state index is 14.4. The summed E-state index contributed by atoms with van der Waals surface area (Å²) in [6.07, 6.45) is -2.25. The molecule has 10 heteroatoms. The SMILES string of the molecule is COC(=O)c1cccc2c1ccn2CC(O)(c1ccc2c(cnn2-c2ccc(F)cc2)c1)C(F)(F)F. The molecule has 3 aromatic carbocycles. The van der Waals surface area contributed by atoms with E-state index in [0.717, 1.165) is 0 Å². The fourth-order valence-corrected chi connectivity index (χ4v) is 4.32. The lowest BCUT2D eigenvalue weighted by molar-refractivity contribution is -0.271. The van der Waals surface area contributed by atoms with Crippen molar-refractivity contribution in [2.75, 3.05) is 7.11 Å². The maximum Gasteiger partial charge on any atom is 0.423 e. The number of methoxy groups -OCH3 is 1. The molecule has 0 radical (unpaired) electrons. The highest BCUT2D eigenvalue weighted by molar-refractivity contribution is 6.03. The standard InChI is InChI=1S/C26H19F4N3O3/c1-36-24(34)21-3-2-4-23-20(21)11-12-32(23)15-25(35,26(28,29)30)17-5-10-22-16(13-17)14-31-33(22)19-8-6-18(27)7-9-19/h2-14,35H,15H2,1H3. The molecule has 2 aromatic heterocycles. The minimum absolute atomic E-state index is 0.207. The fourth-order valence-electron chi connectivity index (χ4n) is 4.32. The quantitative estimate of drug-likeness (QED) is 0.262. The number of carbonyl (C=O) groups excluding carboxylic acids is 1. The molecule has 0 spiro atoms. The highest BCUT2D eigenvalue weighted by Crippen LogP contribution is 2.42. The number of rotatable bonds is 5. The van der Waals surface area contributed by atoms with Crippen molar-refractivity contribution in [3.63, 3.8) is 0 Å². The summed E-state index contributed by atoms with van der Waals surface area (Å²) < 4.78 is 63.8. The summed E-state index contributed by atoms with van der Waals surface area (Å²) in [6.45, 7) is -0.845. The van der Waals surface area contributed by atoms with Crippen LogP contribution in [0.1, 0.15) is 15.9 Å². The number of esters is 1. The average molecular weight is 497 g/mol. The summed E-state index contributed by atoms with van der Waals surface area (Å²) in [5.41, 5.74) is -2.04. The Morgan fingerprint density at radius 3 is 2.47 bits per heavy atom. The number of alkyl halides is 3. The zero-order valence-corrected chi connectivity index (χ0v) is 18.8. The molecule has 5 rings (SSSR count). The van der Waals surface area contributed by atoms with Crippen LogP contribution in [0.25, 0.3) is 27.5 Å². The van der Waals surface area contributed by atoms with Crippen LogP contribution in [0, 0.1) is 5.82 Å². The largest absolute Gasteiger partial charge is 0.465 e. The number of benzene rings is 3. The number of aromatic nitrogens is 3. The van der Waals surface area contributed by atoms with E-state index >= 15 is 0 Å². The molecule has 0 aliphatic heterocycles. The van der Waals surface area contributed by atoms with Gasteiger partial charge in [-0.15, -0.1) is 0 Å². The molecular formula is C26H19F4N3O3. The van der Waals surface area contributed by atoms with Crippen LogP contribution < -0.4 is 0 Å². The Morgan fingerprint density at radius 2 is 1.78 bits per heavy atom. The number of fused-ring (bicyclic) bond motifs is 2. The van der Waals surface area contributed by atoms with Gasteiger partial charge >= 0.3 is 12.1 Å². The Hall–Kier alpha value is -4.18. The Kier molecular flexibility index (Phi) is 5.55. The molecule has 0 fully saturated rings. The molecule has 1 atom stereocenters. The minimum atomic E-state index is -5.02. The fraction of sp³-hybridized carbons (Fsp3) is 0.154. The third-order valence-electron chi connectivity index (χ3n) is 6.20. The number of hydrogen-bond donors (Lipinski definition) is 1.